The number of carbonyl (C=O) groups excluding carboxylic acids is 1. The molecule has 31 heavy (non-hydrogen) atoms. The SMILES string of the molecule is Cc1ccc2nsnc2c1NC(=S)NC(=O)/C=C/c1ccc(-c2cc(Cl)cc(Cl)c2)o1. The number of hydrogen-bond acceptors (Lipinski definition) is 6. The third-order valence-electron chi connectivity index (χ3n) is 4.28. The van der Waals surface area contributed by atoms with Crippen molar-refractivity contribution < 1.29 is 9.21 Å². The summed E-state index contributed by atoms with van der Waals surface area (Å²) in [5, 5.41) is 6.81. The van der Waals surface area contributed by atoms with Crippen molar-refractivity contribution in [3.05, 3.63) is 69.9 Å². The number of carbonyl (C=O) groups is 1. The fourth-order valence-electron chi connectivity index (χ4n) is 2.86. The molecule has 10 heteroatoms. The smallest absolute Gasteiger partial charge is 0.250 e. The number of rotatable bonds is 4. The van der Waals surface area contributed by atoms with Gasteiger partial charge in [-0.25, -0.2) is 0 Å². The van der Waals surface area contributed by atoms with Gasteiger partial charge in [0.2, 0.25) is 5.91 Å². The number of nitrogens with zero attached hydrogens (tertiary/aromatic N) is 2. The van der Waals surface area contributed by atoms with Crippen molar-refractivity contribution in [3.8, 4) is 11.3 Å². The Morgan fingerprint density at radius 2 is 1.90 bits per heavy atom. The van der Waals surface area contributed by atoms with E-state index in [-0.39, 0.29) is 5.11 Å². The fourth-order valence-corrected chi connectivity index (χ4v) is 4.13. The van der Waals surface area contributed by atoms with E-state index in [0.717, 1.165) is 34.1 Å². The van der Waals surface area contributed by atoms with Crippen molar-refractivity contribution in [1.29, 1.82) is 0 Å². The maximum Gasteiger partial charge on any atom is 0.250 e. The molecule has 0 saturated carbocycles. The van der Waals surface area contributed by atoms with E-state index in [1.54, 1.807) is 36.4 Å². The number of halogens is 2. The normalized spacial score (nSPS) is 11.2. The van der Waals surface area contributed by atoms with E-state index in [1.807, 2.05) is 19.1 Å². The largest absolute Gasteiger partial charge is 0.457 e. The number of furan rings is 1. The molecular weight excluding hydrogens is 475 g/mol. The zero-order valence-corrected chi connectivity index (χ0v) is 19.1. The molecule has 2 heterocycles. The van der Waals surface area contributed by atoms with Crippen LogP contribution in [0.5, 0.6) is 0 Å². The van der Waals surface area contributed by atoms with Crippen molar-refractivity contribution in [1.82, 2.24) is 14.1 Å². The van der Waals surface area contributed by atoms with Crippen molar-refractivity contribution >= 4 is 81.0 Å². The van der Waals surface area contributed by atoms with E-state index in [1.165, 1.54) is 6.08 Å². The Balaban J connectivity index is 1.40. The predicted octanol–water partition coefficient (Wildman–Crippen LogP) is 6.09. The summed E-state index contributed by atoms with van der Waals surface area (Å²) in [4.78, 5) is 12.3. The van der Waals surface area contributed by atoms with Crippen LogP contribution in [0.3, 0.4) is 0 Å². The lowest BCUT2D eigenvalue weighted by atomic mass is 10.1. The number of aromatic nitrogens is 2. The number of hydrogen-bond donors (Lipinski definition) is 2. The number of amides is 1. The van der Waals surface area contributed by atoms with E-state index < -0.39 is 5.91 Å². The number of aryl methyl sites for hydroxylation is 1. The molecule has 0 atom stereocenters. The lowest BCUT2D eigenvalue weighted by Crippen LogP contribution is -2.33. The number of fused-ring (bicyclic) bond motifs is 1. The fraction of sp³-hybridized carbons (Fsp3) is 0.0476. The van der Waals surface area contributed by atoms with Gasteiger partial charge in [-0.1, -0.05) is 29.3 Å². The topological polar surface area (TPSA) is 80.0 Å². The monoisotopic (exact) mass is 488 g/mol. The van der Waals surface area contributed by atoms with Gasteiger partial charge in [-0.2, -0.15) is 8.75 Å². The second-order valence-corrected chi connectivity index (χ2v) is 8.34. The molecule has 0 aliphatic carbocycles. The number of anilines is 1. The van der Waals surface area contributed by atoms with Gasteiger partial charge in [0.05, 0.1) is 17.4 Å². The molecule has 0 aliphatic heterocycles. The third-order valence-corrected chi connectivity index (χ3v) is 5.47. The molecule has 0 unspecified atom stereocenters. The van der Waals surface area contributed by atoms with Crippen molar-refractivity contribution in [2.45, 2.75) is 6.92 Å². The average Bonchev–Trinajstić information content (AvgIpc) is 3.37. The zero-order chi connectivity index (χ0) is 22.0. The van der Waals surface area contributed by atoms with Crippen LogP contribution in [-0.4, -0.2) is 19.8 Å². The summed E-state index contributed by atoms with van der Waals surface area (Å²) in [6.07, 6.45) is 2.88. The molecule has 0 spiro atoms. The Kier molecular flexibility index (Phi) is 6.33. The van der Waals surface area contributed by atoms with E-state index in [9.17, 15) is 4.79 Å². The minimum absolute atomic E-state index is 0.159. The molecule has 2 aromatic heterocycles. The molecule has 4 rings (SSSR count). The van der Waals surface area contributed by atoms with Crippen LogP contribution in [-0.2, 0) is 4.79 Å². The minimum atomic E-state index is -0.400. The highest BCUT2D eigenvalue weighted by atomic mass is 35.5. The number of benzene rings is 2. The lowest BCUT2D eigenvalue weighted by molar-refractivity contribution is -0.115. The van der Waals surface area contributed by atoms with Gasteiger partial charge < -0.3 is 9.73 Å². The molecular formula is C21H14Cl2N4O2S2. The summed E-state index contributed by atoms with van der Waals surface area (Å²) < 4.78 is 14.2. The first-order valence-corrected chi connectivity index (χ1v) is 10.9. The molecule has 0 bridgehead atoms. The Morgan fingerprint density at radius 3 is 2.68 bits per heavy atom. The average molecular weight is 489 g/mol. The Bertz CT molecular complexity index is 1310. The van der Waals surface area contributed by atoms with E-state index in [2.05, 4.69) is 19.4 Å². The van der Waals surface area contributed by atoms with Crippen LogP contribution in [0.1, 0.15) is 11.3 Å². The van der Waals surface area contributed by atoms with Gasteiger partial charge >= 0.3 is 0 Å². The summed E-state index contributed by atoms with van der Waals surface area (Å²) in [6.45, 7) is 1.92. The lowest BCUT2D eigenvalue weighted by Gasteiger charge is -2.10. The molecule has 1 amide bonds. The predicted molar refractivity (Wildman–Crippen MR) is 130 cm³/mol. The summed E-state index contributed by atoms with van der Waals surface area (Å²) in [5.41, 5.74) is 3.88. The van der Waals surface area contributed by atoms with Gasteiger partial charge in [0.1, 0.15) is 22.6 Å². The van der Waals surface area contributed by atoms with Crippen LogP contribution in [0.15, 0.2) is 53.0 Å². The molecule has 0 saturated heterocycles. The van der Waals surface area contributed by atoms with E-state index in [0.29, 0.717) is 27.1 Å². The Labute approximate surface area is 197 Å². The van der Waals surface area contributed by atoms with Gasteiger partial charge in [0.15, 0.2) is 5.11 Å². The van der Waals surface area contributed by atoms with Crippen LogP contribution in [0, 0.1) is 6.92 Å². The van der Waals surface area contributed by atoms with Gasteiger partial charge in [-0.15, -0.1) is 0 Å². The highest BCUT2D eigenvalue weighted by Crippen LogP contribution is 2.29. The zero-order valence-electron chi connectivity index (χ0n) is 16.0. The summed E-state index contributed by atoms with van der Waals surface area (Å²) in [6, 6.07) is 12.5. The van der Waals surface area contributed by atoms with Crippen LogP contribution in [0.4, 0.5) is 5.69 Å². The number of nitrogens with one attached hydrogen (secondary N) is 2. The molecule has 0 fully saturated rings. The van der Waals surface area contributed by atoms with E-state index >= 15 is 0 Å². The van der Waals surface area contributed by atoms with E-state index in [4.69, 9.17) is 39.8 Å². The maximum atomic E-state index is 12.3. The third kappa shape index (κ3) is 5.11. The molecule has 4 aromatic rings. The van der Waals surface area contributed by atoms with Crippen LogP contribution in [0.25, 0.3) is 28.4 Å². The number of thiocarbonyl (C=S) groups is 1. The molecule has 6 nitrogen and oxygen atoms in total. The summed E-state index contributed by atoms with van der Waals surface area (Å²) >= 11 is 18.4. The van der Waals surface area contributed by atoms with Gasteiger partial charge in [-0.3, -0.25) is 10.1 Å². The van der Waals surface area contributed by atoms with Crippen molar-refractivity contribution in [2.24, 2.45) is 0 Å². The van der Waals surface area contributed by atoms with Crippen molar-refractivity contribution in [2.75, 3.05) is 5.32 Å². The summed E-state index contributed by atoms with van der Waals surface area (Å²) in [5.74, 6) is 0.679. The highest BCUT2D eigenvalue weighted by Gasteiger charge is 2.11. The highest BCUT2D eigenvalue weighted by molar-refractivity contribution is 7.80. The van der Waals surface area contributed by atoms with Crippen molar-refractivity contribution in [3.63, 3.8) is 0 Å². The molecule has 0 aliphatic rings. The first-order valence-electron chi connectivity index (χ1n) is 8.97. The molecule has 2 N–H and O–H groups in total. The molecule has 156 valence electrons. The summed E-state index contributed by atoms with van der Waals surface area (Å²) in [7, 11) is 0. The standard InChI is InChI=1S/C21H14Cl2N4O2S2/c1-11-2-5-16-20(27-31-26-16)19(11)25-21(30)24-18(28)7-4-15-3-6-17(29-15)12-8-13(22)10-14(23)9-12/h2-10H,1H3,(H2,24,25,28,30)/b7-4+. The van der Waals surface area contributed by atoms with Gasteiger partial charge in [-0.05, 0) is 67.2 Å². The Morgan fingerprint density at radius 1 is 1.13 bits per heavy atom. The first-order chi connectivity index (χ1) is 14.9. The molecule has 0 radical (unpaired) electrons. The first kappa shape index (κ1) is 21.5. The second kappa shape index (κ2) is 9.15. The quantitative estimate of drug-likeness (QED) is 0.267. The van der Waals surface area contributed by atoms with Crippen LogP contribution >= 0.6 is 47.1 Å². The van der Waals surface area contributed by atoms with Gasteiger partial charge in [0.25, 0.3) is 0 Å². The minimum Gasteiger partial charge on any atom is -0.457 e. The maximum absolute atomic E-state index is 12.3. The van der Waals surface area contributed by atoms with Crippen LogP contribution < -0.4 is 10.6 Å². The van der Waals surface area contributed by atoms with Gasteiger partial charge in [0, 0.05) is 21.7 Å². The molecule has 2 aromatic carbocycles. The second-order valence-electron chi connectivity index (χ2n) is 6.53. The Hall–Kier alpha value is -2.78. The van der Waals surface area contributed by atoms with Crippen LogP contribution in [0.2, 0.25) is 10.0 Å².